The molecule has 3 aromatic carbocycles. The Labute approximate surface area is 419 Å². The van der Waals surface area contributed by atoms with E-state index in [2.05, 4.69) is 68.9 Å². The number of hydrogen-bond donors (Lipinski definition) is 3. The highest BCUT2D eigenvalue weighted by molar-refractivity contribution is 9.10. The van der Waals surface area contributed by atoms with E-state index in [1.165, 1.54) is 12.1 Å². The van der Waals surface area contributed by atoms with Crippen molar-refractivity contribution in [2.75, 3.05) is 79.6 Å². The second kappa shape index (κ2) is 18.9. The molecule has 1 spiro atoms. The van der Waals surface area contributed by atoms with E-state index in [-0.39, 0.29) is 29.9 Å². The molecule has 0 radical (unpaired) electrons. The number of halogens is 3. The van der Waals surface area contributed by atoms with Crippen molar-refractivity contribution < 1.29 is 27.7 Å². The molecule has 4 aliphatic heterocycles. The van der Waals surface area contributed by atoms with Crippen LogP contribution in [0.25, 0.3) is 22.0 Å². The number of ether oxygens (including phenoxy) is 1. The van der Waals surface area contributed by atoms with Gasteiger partial charge in [-0.2, -0.15) is 10.1 Å². The van der Waals surface area contributed by atoms with Gasteiger partial charge >= 0.3 is 0 Å². The summed E-state index contributed by atoms with van der Waals surface area (Å²) >= 11 is 3.64. The fraction of sp³-hybridized carbons (Fsp3) is 0.423. The molecular formula is C52H57BrF2N11O4P. The Bertz CT molecular complexity index is 3080. The zero-order valence-corrected chi connectivity index (χ0v) is 42.5. The van der Waals surface area contributed by atoms with Gasteiger partial charge < -0.3 is 34.6 Å². The van der Waals surface area contributed by atoms with Gasteiger partial charge in [0.1, 0.15) is 30.3 Å². The van der Waals surface area contributed by atoms with Gasteiger partial charge in [0.15, 0.2) is 0 Å². The summed E-state index contributed by atoms with van der Waals surface area (Å²) in [5.41, 5.74) is 5.60. The Morgan fingerprint density at radius 2 is 1.63 bits per heavy atom. The number of aryl methyl sites for hydroxylation is 1. The van der Waals surface area contributed by atoms with E-state index in [0.717, 1.165) is 123 Å². The van der Waals surface area contributed by atoms with Crippen LogP contribution < -0.4 is 35.8 Å². The third-order valence-corrected chi connectivity index (χ3v) is 17.1. The lowest BCUT2D eigenvalue weighted by molar-refractivity contribution is -0.134. The molecular weight excluding hydrogens is 992 g/mol. The number of benzene rings is 3. The van der Waals surface area contributed by atoms with E-state index in [9.17, 15) is 14.2 Å². The van der Waals surface area contributed by atoms with Crippen LogP contribution in [0.3, 0.4) is 0 Å². The molecule has 71 heavy (non-hydrogen) atoms. The number of rotatable bonds is 13. The van der Waals surface area contributed by atoms with Crippen LogP contribution in [0, 0.1) is 23.0 Å². The lowest BCUT2D eigenvalue weighted by atomic mass is 9.71. The van der Waals surface area contributed by atoms with Gasteiger partial charge in [-0.1, -0.05) is 18.2 Å². The Hall–Kier alpha value is -5.97. The number of carbonyl (C=O) groups is 2. The Kier molecular flexibility index (Phi) is 12.6. The molecule has 19 heteroatoms. The van der Waals surface area contributed by atoms with E-state index in [1.54, 1.807) is 25.7 Å². The number of likely N-dealkylation sites (tertiary alicyclic amines) is 1. The molecule has 1 saturated carbocycles. The highest BCUT2D eigenvalue weighted by Crippen LogP contribution is 2.47. The summed E-state index contributed by atoms with van der Waals surface area (Å²) in [5.74, 6) is -1.41. The van der Waals surface area contributed by atoms with Crippen molar-refractivity contribution in [2.24, 2.45) is 18.4 Å². The minimum atomic E-state index is -2.75. The molecule has 1 atom stereocenters. The van der Waals surface area contributed by atoms with Crippen LogP contribution in [-0.4, -0.2) is 107 Å². The van der Waals surface area contributed by atoms with Crippen molar-refractivity contribution >= 4 is 85.6 Å². The Morgan fingerprint density at radius 3 is 2.32 bits per heavy atom. The van der Waals surface area contributed by atoms with Crippen LogP contribution in [0.1, 0.15) is 62.8 Å². The number of nitrogens with one attached hydrogen (secondary N) is 3. The molecule has 3 aromatic heterocycles. The zero-order valence-electron chi connectivity index (χ0n) is 40.1. The monoisotopic (exact) mass is 1050 g/mol. The summed E-state index contributed by atoms with van der Waals surface area (Å²) < 4.78 is 53.5. The van der Waals surface area contributed by atoms with Gasteiger partial charge in [-0.3, -0.25) is 24.6 Å². The smallest absolute Gasteiger partial charge is 0.234 e. The summed E-state index contributed by atoms with van der Waals surface area (Å²) in [4.78, 5) is 45.3. The number of anilines is 6. The molecule has 0 bridgehead atoms. The van der Waals surface area contributed by atoms with Gasteiger partial charge in [0.05, 0.1) is 45.8 Å². The predicted molar refractivity (Wildman–Crippen MR) is 276 cm³/mol. The average molecular weight is 1050 g/mol. The minimum absolute atomic E-state index is 0.0621. The number of carbonyl (C=O) groups excluding carboxylic acids is 2. The standard InChI is InChI=1S/C52H57BrF2N11O4P/c1-63-28-32(24-58-63)37-22-42(60-51-57-25-38(53)49(62-51)59-43-26-56-41-7-5-4-6-35(41)48(43)71(2,3)69)45(70-34-8-9-34)23-44(37)65-16-12-31(13-17-65)27-64-18-14-52(15-19-64)29-66(30-52)33-20-39(54)47(40(55)21-33)36-10-11-46(67)61-50(36)68/h4-7,20-26,28,31,34,36H,8-19,27,29-30H2,1-3H3,(H,61,67,68)(H2,57,59,60,62). The highest BCUT2D eigenvalue weighted by atomic mass is 79.9. The average Bonchev–Trinajstić information content (AvgIpc) is 4.05. The zero-order chi connectivity index (χ0) is 49.2. The summed E-state index contributed by atoms with van der Waals surface area (Å²) in [6.45, 7) is 9.85. The van der Waals surface area contributed by atoms with Gasteiger partial charge in [-0.15, -0.1) is 0 Å². The van der Waals surface area contributed by atoms with Crippen LogP contribution >= 0.6 is 23.1 Å². The van der Waals surface area contributed by atoms with Crippen LogP contribution in [0.2, 0.25) is 0 Å². The number of nitrogens with zero attached hydrogens (tertiary/aromatic N) is 8. The van der Waals surface area contributed by atoms with Crippen molar-refractivity contribution in [3.8, 4) is 16.9 Å². The molecule has 11 rings (SSSR count). The first-order valence-corrected chi connectivity index (χ1v) is 27.9. The van der Waals surface area contributed by atoms with Crippen molar-refractivity contribution in [3.05, 3.63) is 95.0 Å². The molecule has 5 fully saturated rings. The molecule has 370 valence electrons. The Morgan fingerprint density at radius 1 is 0.887 bits per heavy atom. The van der Waals surface area contributed by atoms with Gasteiger partial charge in [-0.05, 0) is 117 Å². The number of amides is 2. The molecule has 1 aliphatic carbocycles. The topological polar surface area (TPSA) is 163 Å². The van der Waals surface area contributed by atoms with Gasteiger partial charge in [-0.25, -0.2) is 13.8 Å². The fourth-order valence-electron chi connectivity index (χ4n) is 11.0. The maximum absolute atomic E-state index is 15.3. The number of piperidine rings is 3. The summed E-state index contributed by atoms with van der Waals surface area (Å²) in [7, 11) is -0.832. The van der Waals surface area contributed by atoms with Crippen LogP contribution in [0.15, 0.2) is 77.8 Å². The number of para-hydroxylation sites is 1. The summed E-state index contributed by atoms with van der Waals surface area (Å²) in [6, 6.07) is 14.7. The number of pyridine rings is 1. The number of fused-ring (bicyclic) bond motifs is 1. The molecule has 2 amide bonds. The molecule has 4 saturated heterocycles. The van der Waals surface area contributed by atoms with Gasteiger partial charge in [0, 0.05) is 109 Å². The van der Waals surface area contributed by atoms with E-state index in [0.29, 0.717) is 38.8 Å². The van der Waals surface area contributed by atoms with Crippen LogP contribution in [0.5, 0.6) is 5.75 Å². The lowest BCUT2D eigenvalue weighted by Gasteiger charge is -2.55. The van der Waals surface area contributed by atoms with E-state index >= 15 is 8.78 Å². The number of imide groups is 1. The SMILES string of the molecule is Cn1cc(-c2cc(Nc3ncc(Br)c(Nc4cnc5ccccc5c4P(C)(C)=O)n3)c(OC3CC3)cc2N2CCC(CN3CCC4(CC3)CN(c3cc(F)c(C5CCC(=O)NC5=O)c(F)c3)C4)CC2)cn1. The van der Waals surface area contributed by atoms with Crippen LogP contribution in [0.4, 0.5) is 43.3 Å². The fourth-order valence-corrected chi connectivity index (χ4v) is 12.7. The molecule has 7 heterocycles. The first-order valence-electron chi connectivity index (χ1n) is 24.5. The lowest BCUT2D eigenvalue weighted by Crippen LogP contribution is -2.60. The molecule has 3 N–H and O–H groups in total. The molecule has 15 nitrogen and oxygen atoms in total. The number of aromatic nitrogens is 5. The highest BCUT2D eigenvalue weighted by Gasteiger charge is 2.46. The third-order valence-electron chi connectivity index (χ3n) is 14.9. The third kappa shape index (κ3) is 9.87. The second-order valence-corrected chi connectivity index (χ2v) is 24.5. The maximum atomic E-state index is 15.3. The normalized spacial score (nSPS) is 19.8. The second-order valence-electron chi connectivity index (χ2n) is 20.5. The first-order chi connectivity index (χ1) is 34.1. The van der Waals surface area contributed by atoms with Gasteiger partial charge in [0.25, 0.3) is 0 Å². The number of hydrogen-bond acceptors (Lipinski definition) is 13. The first kappa shape index (κ1) is 47.4. The van der Waals surface area contributed by atoms with Crippen molar-refractivity contribution in [3.63, 3.8) is 0 Å². The summed E-state index contributed by atoms with van der Waals surface area (Å²) in [5, 5.41) is 15.2. The van der Waals surface area contributed by atoms with Crippen LogP contribution in [-0.2, 0) is 21.2 Å². The van der Waals surface area contributed by atoms with E-state index < -0.39 is 36.5 Å². The van der Waals surface area contributed by atoms with Crippen molar-refractivity contribution in [1.29, 1.82) is 0 Å². The van der Waals surface area contributed by atoms with Crippen molar-refractivity contribution in [2.45, 2.75) is 63.4 Å². The molecule has 5 aliphatic rings. The Balaban J connectivity index is 0.754. The quantitative estimate of drug-likeness (QED) is 0.0743. The maximum Gasteiger partial charge on any atom is 0.234 e. The predicted octanol–water partition coefficient (Wildman–Crippen LogP) is 9.08. The van der Waals surface area contributed by atoms with Crippen molar-refractivity contribution in [1.82, 2.24) is 34.9 Å². The minimum Gasteiger partial charge on any atom is -0.488 e. The summed E-state index contributed by atoms with van der Waals surface area (Å²) in [6.07, 6.45) is 13.8. The van der Waals surface area contributed by atoms with E-state index in [1.807, 2.05) is 53.3 Å². The largest absolute Gasteiger partial charge is 0.488 e. The van der Waals surface area contributed by atoms with Gasteiger partial charge in [0.2, 0.25) is 17.8 Å². The molecule has 1 unspecified atom stereocenters. The molecule has 6 aromatic rings. The van der Waals surface area contributed by atoms with E-state index in [4.69, 9.17) is 9.72 Å².